The first-order valence-corrected chi connectivity index (χ1v) is 7.08. The fourth-order valence-corrected chi connectivity index (χ4v) is 2.86. The zero-order chi connectivity index (χ0) is 15.6. The summed E-state index contributed by atoms with van der Waals surface area (Å²) in [6.07, 6.45) is -4.12. The Balaban J connectivity index is 2.17. The summed E-state index contributed by atoms with van der Waals surface area (Å²) >= 11 is 0. The lowest BCUT2D eigenvalue weighted by Crippen LogP contribution is -2.48. The summed E-state index contributed by atoms with van der Waals surface area (Å²) in [5.41, 5.74) is 6.02. The lowest BCUT2D eigenvalue weighted by atomic mass is 10.0. The van der Waals surface area contributed by atoms with E-state index in [9.17, 15) is 13.2 Å². The molecule has 0 saturated carbocycles. The van der Waals surface area contributed by atoms with E-state index in [4.69, 9.17) is 10.5 Å². The molecule has 0 radical (unpaired) electrons. The molecule has 1 saturated heterocycles. The van der Waals surface area contributed by atoms with Crippen LogP contribution in [0.4, 0.5) is 13.2 Å². The molecule has 21 heavy (non-hydrogen) atoms. The van der Waals surface area contributed by atoms with Gasteiger partial charge in [-0.15, -0.1) is 0 Å². The Bertz CT molecular complexity index is 451. The molecule has 6 heteroatoms. The molecule has 1 aromatic carbocycles. The number of rotatable bonds is 3. The first kappa shape index (κ1) is 16.3. The van der Waals surface area contributed by atoms with Crippen molar-refractivity contribution in [2.24, 2.45) is 5.73 Å². The summed E-state index contributed by atoms with van der Waals surface area (Å²) in [6, 6.07) is 5.19. The van der Waals surface area contributed by atoms with Gasteiger partial charge in [-0.1, -0.05) is 12.1 Å². The Labute approximate surface area is 122 Å². The highest BCUT2D eigenvalue weighted by atomic mass is 19.4. The van der Waals surface area contributed by atoms with Crippen molar-refractivity contribution < 1.29 is 17.9 Å². The molecular weight excluding hydrogens is 281 g/mol. The van der Waals surface area contributed by atoms with Crippen LogP contribution >= 0.6 is 0 Å². The molecule has 3 unspecified atom stereocenters. The monoisotopic (exact) mass is 302 g/mol. The molecule has 1 aliphatic rings. The van der Waals surface area contributed by atoms with Gasteiger partial charge in [-0.2, -0.15) is 13.2 Å². The maximum atomic E-state index is 12.6. The van der Waals surface area contributed by atoms with Crippen LogP contribution in [-0.2, 0) is 10.9 Å². The van der Waals surface area contributed by atoms with Crippen LogP contribution in [-0.4, -0.2) is 36.7 Å². The highest BCUT2D eigenvalue weighted by Gasteiger charge is 2.31. The van der Waals surface area contributed by atoms with Crippen LogP contribution in [0.1, 0.15) is 31.0 Å². The van der Waals surface area contributed by atoms with Gasteiger partial charge in [-0.3, -0.25) is 4.90 Å². The van der Waals surface area contributed by atoms with Crippen molar-refractivity contribution in [3.8, 4) is 0 Å². The number of nitrogens with two attached hydrogens (primary N) is 1. The minimum Gasteiger partial charge on any atom is -0.373 e. The van der Waals surface area contributed by atoms with Gasteiger partial charge in [0.2, 0.25) is 0 Å². The second-order valence-corrected chi connectivity index (χ2v) is 5.58. The van der Waals surface area contributed by atoms with Gasteiger partial charge in [0, 0.05) is 25.7 Å². The van der Waals surface area contributed by atoms with Gasteiger partial charge in [-0.25, -0.2) is 0 Å². The van der Waals surface area contributed by atoms with Gasteiger partial charge in [0.25, 0.3) is 0 Å². The van der Waals surface area contributed by atoms with Gasteiger partial charge in [-0.05, 0) is 31.5 Å². The molecule has 0 bridgehead atoms. The Morgan fingerprint density at radius 1 is 1.19 bits per heavy atom. The number of hydrogen-bond acceptors (Lipinski definition) is 3. The second kappa shape index (κ2) is 6.34. The van der Waals surface area contributed by atoms with E-state index in [1.165, 1.54) is 12.1 Å². The normalized spacial score (nSPS) is 25.8. The average molecular weight is 302 g/mol. The van der Waals surface area contributed by atoms with Crippen LogP contribution < -0.4 is 5.73 Å². The van der Waals surface area contributed by atoms with Gasteiger partial charge < -0.3 is 10.5 Å². The molecule has 0 aromatic heterocycles. The van der Waals surface area contributed by atoms with Crippen LogP contribution in [0.25, 0.3) is 0 Å². The van der Waals surface area contributed by atoms with Crippen molar-refractivity contribution in [1.29, 1.82) is 0 Å². The summed E-state index contributed by atoms with van der Waals surface area (Å²) < 4.78 is 43.5. The van der Waals surface area contributed by atoms with E-state index >= 15 is 0 Å². The average Bonchev–Trinajstić information content (AvgIpc) is 2.38. The van der Waals surface area contributed by atoms with E-state index in [1.54, 1.807) is 0 Å². The molecule has 2 N–H and O–H groups in total. The van der Waals surface area contributed by atoms with E-state index in [2.05, 4.69) is 4.90 Å². The van der Waals surface area contributed by atoms with Gasteiger partial charge in [0.05, 0.1) is 17.8 Å². The predicted molar refractivity (Wildman–Crippen MR) is 74.8 cm³/mol. The summed E-state index contributed by atoms with van der Waals surface area (Å²) in [5, 5.41) is 0. The molecular formula is C15H21F3N2O. The maximum Gasteiger partial charge on any atom is 0.416 e. The summed E-state index contributed by atoms with van der Waals surface area (Å²) in [6.45, 7) is 5.80. The smallest absolute Gasteiger partial charge is 0.373 e. The summed E-state index contributed by atoms with van der Waals surface area (Å²) in [5.74, 6) is 0. The minimum atomic E-state index is -4.31. The molecule has 1 fully saturated rings. The SMILES string of the molecule is CC1CN(C(CN)c2ccc(C(F)(F)F)cc2)CC(C)O1. The fourth-order valence-electron chi connectivity index (χ4n) is 2.86. The zero-order valence-electron chi connectivity index (χ0n) is 12.2. The molecule has 3 nitrogen and oxygen atoms in total. The number of hydrogen-bond donors (Lipinski definition) is 1. The molecule has 0 spiro atoms. The fraction of sp³-hybridized carbons (Fsp3) is 0.600. The van der Waals surface area contributed by atoms with Crippen molar-refractivity contribution >= 4 is 0 Å². The van der Waals surface area contributed by atoms with Crippen molar-refractivity contribution in [2.45, 2.75) is 38.3 Å². The quantitative estimate of drug-likeness (QED) is 0.933. The second-order valence-electron chi connectivity index (χ2n) is 5.58. The van der Waals surface area contributed by atoms with Crippen molar-refractivity contribution in [3.63, 3.8) is 0 Å². The largest absolute Gasteiger partial charge is 0.416 e. The highest BCUT2D eigenvalue weighted by molar-refractivity contribution is 5.27. The lowest BCUT2D eigenvalue weighted by molar-refractivity contribution is -0.137. The molecule has 118 valence electrons. The Morgan fingerprint density at radius 3 is 2.14 bits per heavy atom. The van der Waals surface area contributed by atoms with E-state index in [0.29, 0.717) is 6.54 Å². The number of nitrogens with zero attached hydrogens (tertiary/aromatic N) is 1. The van der Waals surface area contributed by atoms with Crippen LogP contribution in [0.15, 0.2) is 24.3 Å². The van der Waals surface area contributed by atoms with Gasteiger partial charge in [0.15, 0.2) is 0 Å². The maximum absolute atomic E-state index is 12.6. The van der Waals surface area contributed by atoms with Crippen LogP contribution in [0.5, 0.6) is 0 Å². The number of ether oxygens (including phenoxy) is 1. The van der Waals surface area contributed by atoms with E-state index in [-0.39, 0.29) is 18.2 Å². The first-order valence-electron chi connectivity index (χ1n) is 7.08. The van der Waals surface area contributed by atoms with Gasteiger partial charge in [0.1, 0.15) is 0 Å². The molecule has 1 aliphatic heterocycles. The minimum absolute atomic E-state index is 0.0823. The van der Waals surface area contributed by atoms with E-state index < -0.39 is 11.7 Å². The molecule has 0 amide bonds. The summed E-state index contributed by atoms with van der Waals surface area (Å²) in [4.78, 5) is 2.18. The van der Waals surface area contributed by atoms with E-state index in [1.807, 2.05) is 13.8 Å². The standard InChI is InChI=1S/C15H21F3N2O/c1-10-8-20(9-11(2)21-10)14(7-19)12-3-5-13(6-4-12)15(16,17)18/h3-6,10-11,14H,7-9,19H2,1-2H3. The molecule has 1 heterocycles. The van der Waals surface area contributed by atoms with Crippen LogP contribution in [0.2, 0.25) is 0 Å². The van der Waals surface area contributed by atoms with Crippen molar-refractivity contribution in [3.05, 3.63) is 35.4 Å². The summed E-state index contributed by atoms with van der Waals surface area (Å²) in [7, 11) is 0. The third-order valence-electron chi connectivity index (χ3n) is 3.73. The molecule has 1 aromatic rings. The lowest BCUT2D eigenvalue weighted by Gasteiger charge is -2.40. The number of alkyl halides is 3. The highest BCUT2D eigenvalue weighted by Crippen LogP contribution is 2.31. The Morgan fingerprint density at radius 2 is 1.71 bits per heavy atom. The molecule has 2 rings (SSSR count). The van der Waals surface area contributed by atoms with Crippen molar-refractivity contribution in [1.82, 2.24) is 4.90 Å². The number of halogens is 3. The van der Waals surface area contributed by atoms with Crippen molar-refractivity contribution in [2.75, 3.05) is 19.6 Å². The number of morpholine rings is 1. The van der Waals surface area contributed by atoms with E-state index in [0.717, 1.165) is 30.8 Å². The predicted octanol–water partition coefficient (Wildman–Crippen LogP) is 2.81. The molecule has 3 atom stereocenters. The van der Waals surface area contributed by atoms with Gasteiger partial charge >= 0.3 is 6.18 Å². The third kappa shape index (κ3) is 3.96. The molecule has 0 aliphatic carbocycles. The topological polar surface area (TPSA) is 38.5 Å². The third-order valence-corrected chi connectivity index (χ3v) is 3.73. The Hall–Kier alpha value is -1.11. The number of benzene rings is 1. The zero-order valence-corrected chi connectivity index (χ0v) is 12.2. The Kier molecular flexibility index (Phi) is 4.91. The van der Waals surface area contributed by atoms with Crippen LogP contribution in [0.3, 0.4) is 0 Å². The first-order chi connectivity index (χ1) is 9.81. The van der Waals surface area contributed by atoms with Crippen LogP contribution in [0, 0.1) is 0 Å².